The number of hydrogen-bond donors (Lipinski definition) is 2. The van der Waals surface area contributed by atoms with Gasteiger partial charge in [0.2, 0.25) is 0 Å². The summed E-state index contributed by atoms with van der Waals surface area (Å²) in [4.78, 5) is 38.2. The molecule has 0 amide bonds. The van der Waals surface area contributed by atoms with Crippen LogP contribution < -0.4 is 0 Å². The molecule has 0 saturated heterocycles. The van der Waals surface area contributed by atoms with Crippen molar-refractivity contribution in [2.45, 2.75) is 117 Å². The first-order valence-corrected chi connectivity index (χ1v) is 17.9. The Bertz CT molecular complexity index is 1510. The highest BCUT2D eigenvalue weighted by Gasteiger charge is 2.51. The van der Waals surface area contributed by atoms with Crippen LogP contribution in [0.1, 0.15) is 107 Å². The SMILES string of the molecule is CC#CC[C@H](C)C(O)/C=C/[C@@H]1[C@@H](c2cccc(CCCC(=O)OCc3ccccc3)c2C)C(C)(C)C[C@H]1OC(=O)[C@@H]1CCCC[C@@H]1C(=O)O. The number of aliphatic hydroxyl groups is 1. The Balaban J connectivity index is 1.55. The lowest BCUT2D eigenvalue weighted by Crippen LogP contribution is -2.36. The summed E-state index contributed by atoms with van der Waals surface area (Å²) >= 11 is 0. The average Bonchev–Trinajstić information content (AvgIpc) is 3.34. The molecule has 2 N–H and O–H groups in total. The van der Waals surface area contributed by atoms with E-state index in [0.717, 1.165) is 41.5 Å². The number of hydrogen-bond acceptors (Lipinski definition) is 6. The molecule has 0 bridgehead atoms. The summed E-state index contributed by atoms with van der Waals surface area (Å²) in [7, 11) is 0. The van der Waals surface area contributed by atoms with Crippen LogP contribution in [0.3, 0.4) is 0 Å². The van der Waals surface area contributed by atoms with E-state index >= 15 is 0 Å². The van der Waals surface area contributed by atoms with Crippen LogP contribution in [0.15, 0.2) is 60.7 Å². The summed E-state index contributed by atoms with van der Waals surface area (Å²) in [6, 6.07) is 16.0. The third-order valence-electron chi connectivity index (χ3n) is 10.6. The molecule has 2 aromatic rings. The molecule has 7 heteroatoms. The first-order valence-electron chi connectivity index (χ1n) is 17.9. The lowest BCUT2D eigenvalue weighted by molar-refractivity contribution is -0.164. The van der Waals surface area contributed by atoms with Crippen molar-refractivity contribution in [2.24, 2.45) is 29.1 Å². The highest BCUT2D eigenvalue weighted by Crippen LogP contribution is 2.55. The van der Waals surface area contributed by atoms with Crippen molar-refractivity contribution < 1.29 is 34.1 Å². The fourth-order valence-corrected chi connectivity index (χ4v) is 7.81. The number of aryl methyl sites for hydroxylation is 1. The van der Waals surface area contributed by atoms with E-state index in [2.05, 4.69) is 50.8 Å². The predicted molar refractivity (Wildman–Crippen MR) is 190 cm³/mol. The molecule has 1 unspecified atom stereocenters. The number of aliphatic carboxylic acids is 1. The van der Waals surface area contributed by atoms with Gasteiger partial charge in [0.25, 0.3) is 0 Å². The summed E-state index contributed by atoms with van der Waals surface area (Å²) in [5.74, 6) is 2.66. The van der Waals surface area contributed by atoms with Gasteiger partial charge in [-0.3, -0.25) is 14.4 Å². The van der Waals surface area contributed by atoms with Gasteiger partial charge in [0.1, 0.15) is 12.7 Å². The third kappa shape index (κ3) is 10.1. The fraction of sp³-hybridized carbons (Fsp3) is 0.548. The maximum Gasteiger partial charge on any atom is 0.310 e. The molecule has 0 spiro atoms. The van der Waals surface area contributed by atoms with Crippen molar-refractivity contribution in [3.63, 3.8) is 0 Å². The zero-order valence-electron chi connectivity index (χ0n) is 29.8. The number of benzene rings is 2. The van der Waals surface area contributed by atoms with Crippen molar-refractivity contribution in [2.75, 3.05) is 0 Å². The summed E-state index contributed by atoms with van der Waals surface area (Å²) < 4.78 is 11.8. The van der Waals surface area contributed by atoms with Crippen molar-refractivity contribution in [3.8, 4) is 11.8 Å². The van der Waals surface area contributed by atoms with Crippen LogP contribution in [0.4, 0.5) is 0 Å². The molecule has 0 radical (unpaired) electrons. The number of carboxylic acids is 1. The Hall–Kier alpha value is -3.89. The van der Waals surface area contributed by atoms with E-state index in [0.29, 0.717) is 38.5 Å². The number of carbonyl (C=O) groups excluding carboxylic acids is 2. The van der Waals surface area contributed by atoms with Gasteiger partial charge < -0.3 is 19.7 Å². The van der Waals surface area contributed by atoms with Crippen LogP contribution >= 0.6 is 0 Å². The van der Waals surface area contributed by atoms with Gasteiger partial charge in [0, 0.05) is 18.8 Å². The zero-order chi connectivity index (χ0) is 35.6. The second-order valence-electron chi connectivity index (χ2n) is 14.7. The van der Waals surface area contributed by atoms with E-state index in [1.807, 2.05) is 49.4 Å². The van der Waals surface area contributed by atoms with E-state index < -0.39 is 36.0 Å². The molecule has 2 fully saturated rings. The average molecular weight is 671 g/mol. The van der Waals surface area contributed by atoms with Crippen LogP contribution in [0.2, 0.25) is 0 Å². The maximum absolute atomic E-state index is 13.6. The first kappa shape index (κ1) is 37.9. The standard InChI is InChI=1S/C42H54O7/c1-6-7-15-28(2)36(43)25-24-35-37(49-41(47)34-21-12-11-20-33(34)40(45)46)26-42(4,5)39(35)32-22-13-18-31(29(32)3)19-14-23-38(44)48-27-30-16-9-8-10-17-30/h8-10,13,16-18,22,24-25,28,33-37,39,43H,11-12,14-15,19-21,23,26-27H2,1-5H3,(H,45,46)/b25-24+/t28-,33-,34+,35-,36?,37+,39+/m0/s1. The second kappa shape index (κ2) is 17.7. The van der Waals surface area contributed by atoms with E-state index in [1.165, 1.54) is 0 Å². The van der Waals surface area contributed by atoms with E-state index in [1.54, 1.807) is 6.92 Å². The van der Waals surface area contributed by atoms with Gasteiger partial charge in [-0.2, -0.15) is 0 Å². The fourth-order valence-electron chi connectivity index (χ4n) is 7.81. The molecule has 0 aromatic heterocycles. The maximum atomic E-state index is 13.6. The highest BCUT2D eigenvalue weighted by molar-refractivity contribution is 5.81. The summed E-state index contributed by atoms with van der Waals surface area (Å²) in [6.45, 7) is 10.5. The van der Waals surface area contributed by atoms with Crippen molar-refractivity contribution >= 4 is 17.9 Å². The summed E-state index contributed by atoms with van der Waals surface area (Å²) in [5.41, 5.74) is 4.15. The molecule has 2 saturated carbocycles. The third-order valence-corrected chi connectivity index (χ3v) is 10.6. The predicted octanol–water partition coefficient (Wildman–Crippen LogP) is 7.96. The van der Waals surface area contributed by atoms with Crippen molar-refractivity contribution in [3.05, 3.63) is 82.9 Å². The van der Waals surface area contributed by atoms with E-state index in [4.69, 9.17) is 9.47 Å². The molecular weight excluding hydrogens is 616 g/mol. The monoisotopic (exact) mass is 670 g/mol. The topological polar surface area (TPSA) is 110 Å². The minimum atomic E-state index is -0.938. The number of rotatable bonds is 14. The van der Waals surface area contributed by atoms with Gasteiger partial charge in [-0.05, 0) is 85.5 Å². The van der Waals surface area contributed by atoms with Crippen molar-refractivity contribution in [1.29, 1.82) is 0 Å². The Labute approximate surface area is 292 Å². The largest absolute Gasteiger partial charge is 0.481 e. The van der Waals surface area contributed by atoms with Gasteiger partial charge in [-0.1, -0.05) is 94.3 Å². The molecular formula is C42H54O7. The highest BCUT2D eigenvalue weighted by atomic mass is 16.5. The Morgan fingerprint density at radius 1 is 1.04 bits per heavy atom. The number of carboxylic acid groups (broad SMARTS) is 1. The molecule has 264 valence electrons. The van der Waals surface area contributed by atoms with Gasteiger partial charge in [-0.25, -0.2) is 0 Å². The van der Waals surface area contributed by atoms with Gasteiger partial charge in [0.15, 0.2) is 0 Å². The zero-order valence-corrected chi connectivity index (χ0v) is 29.8. The Morgan fingerprint density at radius 3 is 2.45 bits per heavy atom. The van der Waals surface area contributed by atoms with Gasteiger partial charge in [0.05, 0.1) is 17.9 Å². The smallest absolute Gasteiger partial charge is 0.310 e. The molecule has 7 nitrogen and oxygen atoms in total. The quantitative estimate of drug-likeness (QED) is 0.119. The van der Waals surface area contributed by atoms with E-state index in [-0.39, 0.29) is 35.7 Å². The minimum absolute atomic E-state index is 0.0306. The number of aliphatic hydroxyl groups excluding tert-OH is 1. The molecule has 0 heterocycles. The van der Waals surface area contributed by atoms with Crippen LogP contribution in [-0.4, -0.2) is 40.3 Å². The van der Waals surface area contributed by atoms with Crippen LogP contribution in [-0.2, 0) is 36.9 Å². The normalized spacial score (nSPS) is 24.4. The molecule has 4 rings (SSSR count). The van der Waals surface area contributed by atoms with Crippen molar-refractivity contribution in [1.82, 2.24) is 0 Å². The molecule has 2 aromatic carbocycles. The molecule has 7 atom stereocenters. The Morgan fingerprint density at radius 2 is 1.76 bits per heavy atom. The number of ether oxygens (including phenoxy) is 2. The minimum Gasteiger partial charge on any atom is -0.481 e. The summed E-state index contributed by atoms with van der Waals surface area (Å²) in [6.07, 6.45) is 8.14. The van der Waals surface area contributed by atoms with Crippen LogP contribution in [0, 0.1) is 47.9 Å². The Kier molecular flexibility index (Phi) is 13.7. The second-order valence-corrected chi connectivity index (χ2v) is 14.7. The van der Waals surface area contributed by atoms with Gasteiger partial charge in [-0.15, -0.1) is 11.8 Å². The van der Waals surface area contributed by atoms with Gasteiger partial charge >= 0.3 is 17.9 Å². The summed E-state index contributed by atoms with van der Waals surface area (Å²) in [5, 5.41) is 20.9. The number of carbonyl (C=O) groups is 3. The molecule has 2 aliphatic carbocycles. The lowest BCUT2D eigenvalue weighted by Gasteiger charge is -2.32. The lowest BCUT2D eigenvalue weighted by atomic mass is 9.72. The molecule has 2 aliphatic rings. The van der Waals surface area contributed by atoms with Crippen LogP contribution in [0.25, 0.3) is 0 Å². The number of esters is 2. The first-order chi connectivity index (χ1) is 23.4. The van der Waals surface area contributed by atoms with Crippen LogP contribution in [0.5, 0.6) is 0 Å². The molecule has 0 aliphatic heterocycles. The van der Waals surface area contributed by atoms with E-state index in [9.17, 15) is 24.6 Å². The molecule has 49 heavy (non-hydrogen) atoms.